The maximum Gasteiger partial charge on any atom is 0.522 e. The Morgan fingerprint density at radius 1 is 1.35 bits per heavy atom. The molecule has 0 saturated carbocycles. The predicted octanol–water partition coefficient (Wildman–Crippen LogP) is 0.779. The van der Waals surface area contributed by atoms with Crippen molar-refractivity contribution in [2.24, 2.45) is 0 Å². The number of rotatable bonds is 5. The minimum absolute atomic E-state index is 0.0867. The van der Waals surface area contributed by atoms with Gasteiger partial charge in [-0.05, 0) is 6.08 Å². The highest BCUT2D eigenvalue weighted by Gasteiger charge is 2.44. The number of alkyl halides is 3. The molecule has 0 aromatic heterocycles. The van der Waals surface area contributed by atoms with Crippen LogP contribution in [0.25, 0.3) is 0 Å². The number of nitrogens with one attached hydrogen (secondary N) is 1. The van der Waals surface area contributed by atoms with Crippen LogP contribution in [0.1, 0.15) is 6.42 Å². The number of halogens is 3. The van der Waals surface area contributed by atoms with E-state index in [1.807, 2.05) is 0 Å². The average molecular weight is 321 g/mol. The molecule has 0 aliphatic carbocycles. The minimum Gasteiger partial charge on any atom is -0.352 e. The first kappa shape index (κ1) is 21.2. The van der Waals surface area contributed by atoms with Crippen LogP contribution in [-0.2, 0) is 14.9 Å². The van der Waals surface area contributed by atoms with E-state index in [4.69, 9.17) is 13.0 Å². The van der Waals surface area contributed by atoms with E-state index in [0.717, 1.165) is 24.0 Å². The largest absolute Gasteiger partial charge is 0.522 e. The molecule has 0 radical (unpaired) electrons. The molecule has 0 spiro atoms. The summed E-state index contributed by atoms with van der Waals surface area (Å²) in [6.45, 7) is 5.18. The van der Waals surface area contributed by atoms with Crippen LogP contribution in [0.5, 0.6) is 0 Å². The molecule has 0 fully saturated rings. The van der Waals surface area contributed by atoms with Gasteiger partial charge in [0.15, 0.2) is 0 Å². The summed E-state index contributed by atoms with van der Waals surface area (Å²) in [5, 5.41) is 2.74. The maximum atomic E-state index is 10.7. The Bertz CT molecular complexity index is 413. The minimum atomic E-state index is -5.84. The molecule has 20 heavy (non-hydrogen) atoms. The van der Waals surface area contributed by atoms with Gasteiger partial charge in [-0.3, -0.25) is 9.35 Å². The summed E-state index contributed by atoms with van der Waals surface area (Å²) in [4.78, 5) is 10.7. The molecule has 0 heterocycles. The monoisotopic (exact) mass is 321 g/mol. The molecule has 0 saturated heterocycles. The molecule has 0 bridgehead atoms. The van der Waals surface area contributed by atoms with Crippen LogP contribution >= 0.6 is 0 Å². The number of amides is 1. The topological polar surface area (TPSA) is 83.5 Å². The van der Waals surface area contributed by atoms with Gasteiger partial charge in [-0.1, -0.05) is 6.58 Å². The molecule has 2 N–H and O–H groups in total. The van der Waals surface area contributed by atoms with Crippen molar-refractivity contribution >= 4 is 16.0 Å². The van der Waals surface area contributed by atoms with Crippen molar-refractivity contribution in [1.82, 2.24) is 5.32 Å². The van der Waals surface area contributed by atoms with Crippen LogP contribution in [0.15, 0.2) is 12.7 Å². The van der Waals surface area contributed by atoms with E-state index in [-0.39, 0.29) is 5.91 Å². The van der Waals surface area contributed by atoms with Gasteiger partial charge >= 0.3 is 15.6 Å². The lowest BCUT2D eigenvalue weighted by Crippen LogP contribution is -2.37. The third kappa shape index (κ3) is 13.3. The molecule has 6 nitrogen and oxygen atoms in total. The van der Waals surface area contributed by atoms with Crippen LogP contribution in [0.4, 0.5) is 13.2 Å². The number of hydrogen-bond donors (Lipinski definition) is 2. The molecule has 10 heteroatoms. The normalized spacial score (nSPS) is 12.2. The van der Waals surface area contributed by atoms with Crippen molar-refractivity contribution in [3.8, 4) is 0 Å². The van der Waals surface area contributed by atoms with Crippen LogP contribution in [-0.4, -0.2) is 63.1 Å². The van der Waals surface area contributed by atoms with Crippen LogP contribution < -0.4 is 5.32 Å². The van der Waals surface area contributed by atoms with Crippen molar-refractivity contribution in [2.45, 2.75) is 11.9 Å². The average Bonchev–Trinajstić information content (AvgIpc) is 2.20. The number of hydrogen-bond acceptors (Lipinski definition) is 3. The zero-order chi connectivity index (χ0) is 16.6. The summed E-state index contributed by atoms with van der Waals surface area (Å²) in [7, 11) is 0.562. The van der Waals surface area contributed by atoms with E-state index in [1.165, 1.54) is 6.08 Å². The van der Waals surface area contributed by atoms with Gasteiger partial charge in [0.25, 0.3) is 0 Å². The third-order valence-corrected chi connectivity index (χ3v) is 2.37. The van der Waals surface area contributed by atoms with Gasteiger partial charge in [-0.25, -0.2) is 0 Å². The van der Waals surface area contributed by atoms with Gasteiger partial charge in [-0.2, -0.15) is 21.6 Å². The molecule has 0 atom stereocenters. The number of quaternary nitrogens is 1. The second-order valence-corrected chi connectivity index (χ2v) is 6.20. The van der Waals surface area contributed by atoms with Crippen LogP contribution in [0, 0.1) is 0 Å². The highest BCUT2D eigenvalue weighted by molar-refractivity contribution is 7.86. The van der Waals surface area contributed by atoms with Gasteiger partial charge < -0.3 is 9.80 Å². The Balaban J connectivity index is 0. The fourth-order valence-corrected chi connectivity index (χ4v) is 0.837. The molecule has 120 valence electrons. The number of carbonyl (C=O) groups excluding carboxylic acids is 1. The van der Waals surface area contributed by atoms with E-state index in [0.29, 0.717) is 0 Å². The first-order valence-corrected chi connectivity index (χ1v) is 6.89. The lowest BCUT2D eigenvalue weighted by Gasteiger charge is -2.23. The Kier molecular flexibility index (Phi) is 8.70. The van der Waals surface area contributed by atoms with E-state index < -0.39 is 15.6 Å². The summed E-state index contributed by atoms with van der Waals surface area (Å²) in [5.41, 5.74) is -5.53. The van der Waals surface area contributed by atoms with Crippen molar-refractivity contribution in [2.75, 3.05) is 34.2 Å². The fraction of sp³-hybridized carbons (Fsp3) is 0.700. The summed E-state index contributed by atoms with van der Waals surface area (Å²) in [5.74, 6) is -0.0867. The Morgan fingerprint density at radius 2 is 1.75 bits per heavy atom. The molecular weight excluding hydrogens is 301 g/mol. The molecule has 0 aliphatic rings. The molecule has 0 aliphatic heterocycles. The van der Waals surface area contributed by atoms with Gasteiger partial charge in [0, 0.05) is 13.0 Å². The molecule has 0 aromatic rings. The molecule has 1 amide bonds. The molecule has 0 unspecified atom stereocenters. The first-order valence-electron chi connectivity index (χ1n) is 5.45. The lowest BCUT2D eigenvalue weighted by atomic mass is 10.3. The highest BCUT2D eigenvalue weighted by atomic mass is 32.2. The fourth-order valence-electron chi connectivity index (χ4n) is 0.837. The second kappa shape index (κ2) is 8.22. The van der Waals surface area contributed by atoms with Gasteiger partial charge in [0.05, 0.1) is 27.7 Å². The van der Waals surface area contributed by atoms with E-state index in [2.05, 4.69) is 33.0 Å². The van der Waals surface area contributed by atoms with Crippen molar-refractivity contribution in [3.05, 3.63) is 12.7 Å². The van der Waals surface area contributed by atoms with Gasteiger partial charge in [-0.15, -0.1) is 0 Å². The summed E-state index contributed by atoms with van der Waals surface area (Å²) in [6, 6.07) is 0. The van der Waals surface area contributed by atoms with E-state index >= 15 is 0 Å². The number of nitrogens with zero attached hydrogens (tertiary/aromatic N) is 1. The Labute approximate surface area is 116 Å². The van der Waals surface area contributed by atoms with Crippen molar-refractivity contribution < 1.29 is 35.4 Å². The van der Waals surface area contributed by atoms with E-state index in [9.17, 15) is 18.0 Å². The standard InChI is InChI=1S/C9H18N2O.CHF3O3S/c1-5-9(12)10-7-6-8-11(2,3)4;2-1(3,4)8(5,6)7/h5H,1,6-8H2,2-4H3;(H,5,6,7)/p+1. The summed E-state index contributed by atoms with van der Waals surface area (Å²) < 4.78 is 58.5. The molecule has 0 aromatic carbocycles. The van der Waals surface area contributed by atoms with Gasteiger partial charge in [0.1, 0.15) is 0 Å². The smallest absolute Gasteiger partial charge is 0.352 e. The summed E-state index contributed by atoms with van der Waals surface area (Å²) in [6.07, 6.45) is 2.30. The Hall–Kier alpha value is -1.13. The van der Waals surface area contributed by atoms with Gasteiger partial charge in [0.2, 0.25) is 5.91 Å². The Morgan fingerprint density at radius 3 is 2.00 bits per heavy atom. The van der Waals surface area contributed by atoms with E-state index in [1.54, 1.807) is 0 Å². The zero-order valence-corrected chi connectivity index (χ0v) is 12.4. The predicted molar refractivity (Wildman–Crippen MR) is 68.3 cm³/mol. The highest BCUT2D eigenvalue weighted by Crippen LogP contribution is 2.20. The zero-order valence-electron chi connectivity index (χ0n) is 11.6. The quantitative estimate of drug-likeness (QED) is 0.258. The summed E-state index contributed by atoms with van der Waals surface area (Å²) >= 11 is 0. The van der Waals surface area contributed by atoms with Crippen molar-refractivity contribution in [1.29, 1.82) is 0 Å². The maximum absolute atomic E-state index is 10.7. The number of carbonyl (C=O) groups is 1. The SMILES string of the molecule is C=CC(=O)NCCC[N+](C)(C)C.O=S(=O)(O)C(F)(F)F. The van der Waals surface area contributed by atoms with Crippen LogP contribution in [0.3, 0.4) is 0 Å². The molecular formula is C10H20F3N2O4S+. The lowest BCUT2D eigenvalue weighted by molar-refractivity contribution is -0.870. The third-order valence-electron chi connectivity index (χ3n) is 1.78. The molecule has 0 rings (SSSR count). The van der Waals surface area contributed by atoms with Crippen LogP contribution in [0.2, 0.25) is 0 Å². The second-order valence-electron chi connectivity index (χ2n) is 4.78. The first-order chi connectivity index (χ1) is 8.70. The van der Waals surface area contributed by atoms with Crippen molar-refractivity contribution in [3.63, 3.8) is 0 Å².